The Morgan fingerprint density at radius 1 is 1.26 bits per heavy atom. The van der Waals surface area contributed by atoms with Gasteiger partial charge < -0.3 is 16.0 Å². The number of carbonyl (C=O) groups is 2. The molecule has 1 saturated carbocycles. The van der Waals surface area contributed by atoms with Crippen LogP contribution in [0.4, 0.5) is 4.79 Å². The van der Waals surface area contributed by atoms with Gasteiger partial charge in [0.1, 0.15) is 0 Å². The number of nitrogens with one attached hydrogen (secondary N) is 3. The summed E-state index contributed by atoms with van der Waals surface area (Å²) < 4.78 is 0. The van der Waals surface area contributed by atoms with Crippen molar-refractivity contribution in [1.29, 1.82) is 0 Å². The topological polar surface area (TPSA) is 70.2 Å². The van der Waals surface area contributed by atoms with Crippen LogP contribution in [-0.2, 0) is 4.79 Å². The van der Waals surface area contributed by atoms with E-state index in [-0.39, 0.29) is 24.0 Å². The minimum absolute atomic E-state index is 0.0263. The third-order valence-corrected chi connectivity index (χ3v) is 3.36. The lowest BCUT2D eigenvalue weighted by molar-refractivity contribution is -0.121. The number of carbonyl (C=O) groups excluding carboxylic acids is 2. The molecule has 1 fully saturated rings. The summed E-state index contributed by atoms with van der Waals surface area (Å²) in [7, 11) is 0. The molecule has 1 rings (SSSR count). The first-order chi connectivity index (χ1) is 8.97. The summed E-state index contributed by atoms with van der Waals surface area (Å²) in [5, 5.41) is 8.51. The summed E-state index contributed by atoms with van der Waals surface area (Å²) in [5.41, 5.74) is 0. The van der Waals surface area contributed by atoms with Crippen molar-refractivity contribution in [2.45, 2.75) is 65.0 Å². The van der Waals surface area contributed by atoms with E-state index in [1.807, 2.05) is 13.8 Å². The van der Waals surface area contributed by atoms with Crippen molar-refractivity contribution in [3.63, 3.8) is 0 Å². The molecule has 5 heteroatoms. The van der Waals surface area contributed by atoms with Gasteiger partial charge in [0.2, 0.25) is 5.91 Å². The highest BCUT2D eigenvalue weighted by Crippen LogP contribution is 2.23. The van der Waals surface area contributed by atoms with E-state index in [0.29, 0.717) is 18.9 Å². The maximum atomic E-state index is 11.7. The smallest absolute Gasteiger partial charge is 0.315 e. The highest BCUT2D eigenvalue weighted by molar-refractivity contribution is 5.78. The SMILES string of the molecule is CC1CCCC(NC(=O)NCCC(=O)NC(C)C)C1. The molecule has 0 aliphatic heterocycles. The molecule has 2 unspecified atom stereocenters. The second kappa shape index (κ2) is 8.02. The largest absolute Gasteiger partial charge is 0.354 e. The van der Waals surface area contributed by atoms with E-state index < -0.39 is 0 Å². The van der Waals surface area contributed by atoms with Gasteiger partial charge in [-0.2, -0.15) is 0 Å². The third-order valence-electron chi connectivity index (χ3n) is 3.36. The molecule has 0 aromatic carbocycles. The molecule has 110 valence electrons. The fourth-order valence-electron chi connectivity index (χ4n) is 2.49. The zero-order chi connectivity index (χ0) is 14.3. The lowest BCUT2D eigenvalue weighted by Gasteiger charge is -2.27. The molecular formula is C14H27N3O2. The Labute approximate surface area is 115 Å². The molecule has 2 atom stereocenters. The number of amides is 3. The average molecular weight is 269 g/mol. The fraction of sp³-hybridized carbons (Fsp3) is 0.857. The second-order valence-corrected chi connectivity index (χ2v) is 5.84. The first kappa shape index (κ1) is 15.8. The standard InChI is InChI=1S/C14H27N3O2/c1-10(2)16-13(18)7-8-15-14(19)17-12-6-4-5-11(3)9-12/h10-12H,4-9H2,1-3H3,(H,16,18)(H2,15,17,19). The van der Waals surface area contributed by atoms with Crippen molar-refractivity contribution in [2.75, 3.05) is 6.54 Å². The average Bonchev–Trinajstić information content (AvgIpc) is 2.27. The monoisotopic (exact) mass is 269 g/mol. The van der Waals surface area contributed by atoms with Gasteiger partial charge in [0.05, 0.1) is 0 Å². The quantitative estimate of drug-likeness (QED) is 0.712. The summed E-state index contributed by atoms with van der Waals surface area (Å²) >= 11 is 0. The Morgan fingerprint density at radius 3 is 2.63 bits per heavy atom. The Morgan fingerprint density at radius 2 is 2.00 bits per heavy atom. The second-order valence-electron chi connectivity index (χ2n) is 5.84. The number of rotatable bonds is 5. The fourth-order valence-corrected chi connectivity index (χ4v) is 2.49. The lowest BCUT2D eigenvalue weighted by atomic mass is 9.87. The molecule has 0 spiro atoms. The molecule has 0 bridgehead atoms. The van der Waals surface area contributed by atoms with Crippen molar-refractivity contribution in [3.8, 4) is 0 Å². The maximum absolute atomic E-state index is 11.7. The summed E-state index contributed by atoms with van der Waals surface area (Å²) in [4.78, 5) is 23.1. The molecule has 0 radical (unpaired) electrons. The molecule has 19 heavy (non-hydrogen) atoms. The van der Waals surface area contributed by atoms with Crippen LogP contribution in [0.15, 0.2) is 0 Å². The van der Waals surface area contributed by atoms with Crippen molar-refractivity contribution in [3.05, 3.63) is 0 Å². The van der Waals surface area contributed by atoms with Crippen molar-refractivity contribution >= 4 is 11.9 Å². The zero-order valence-electron chi connectivity index (χ0n) is 12.3. The van der Waals surface area contributed by atoms with Crippen LogP contribution in [0, 0.1) is 5.92 Å². The molecule has 5 nitrogen and oxygen atoms in total. The predicted octanol–water partition coefficient (Wildman–Crippen LogP) is 1.78. The van der Waals surface area contributed by atoms with E-state index in [0.717, 1.165) is 12.8 Å². The van der Waals surface area contributed by atoms with Gasteiger partial charge in [-0.1, -0.05) is 19.8 Å². The summed E-state index contributed by atoms with van der Waals surface area (Å²) in [5.74, 6) is 0.664. The summed E-state index contributed by atoms with van der Waals surface area (Å²) in [6, 6.07) is 0.273. The van der Waals surface area contributed by atoms with Gasteiger partial charge >= 0.3 is 6.03 Å². The molecule has 3 N–H and O–H groups in total. The van der Waals surface area contributed by atoms with E-state index in [1.54, 1.807) is 0 Å². The van der Waals surface area contributed by atoms with Gasteiger partial charge in [-0.25, -0.2) is 4.79 Å². The molecule has 1 aliphatic carbocycles. The van der Waals surface area contributed by atoms with Crippen molar-refractivity contribution in [2.24, 2.45) is 5.92 Å². The molecule has 0 heterocycles. The van der Waals surface area contributed by atoms with E-state index in [1.165, 1.54) is 12.8 Å². The van der Waals surface area contributed by atoms with Gasteiger partial charge in [0.25, 0.3) is 0 Å². The first-order valence-electron chi connectivity index (χ1n) is 7.31. The lowest BCUT2D eigenvalue weighted by Crippen LogP contribution is -2.44. The van der Waals surface area contributed by atoms with Gasteiger partial charge in [-0.05, 0) is 32.6 Å². The Bertz CT molecular complexity index is 305. The number of hydrogen-bond acceptors (Lipinski definition) is 2. The first-order valence-corrected chi connectivity index (χ1v) is 7.31. The van der Waals surface area contributed by atoms with E-state index in [2.05, 4.69) is 22.9 Å². The maximum Gasteiger partial charge on any atom is 0.315 e. The molecular weight excluding hydrogens is 242 g/mol. The summed E-state index contributed by atoms with van der Waals surface area (Å²) in [6.45, 7) is 6.44. The van der Waals surface area contributed by atoms with Gasteiger partial charge in [0.15, 0.2) is 0 Å². The highest BCUT2D eigenvalue weighted by Gasteiger charge is 2.20. The van der Waals surface area contributed by atoms with Crippen LogP contribution < -0.4 is 16.0 Å². The van der Waals surface area contributed by atoms with Crippen LogP contribution in [0.5, 0.6) is 0 Å². The zero-order valence-corrected chi connectivity index (χ0v) is 12.3. The number of urea groups is 1. The van der Waals surface area contributed by atoms with E-state index in [4.69, 9.17) is 0 Å². The minimum Gasteiger partial charge on any atom is -0.354 e. The van der Waals surface area contributed by atoms with Crippen LogP contribution >= 0.6 is 0 Å². The van der Waals surface area contributed by atoms with Crippen molar-refractivity contribution < 1.29 is 9.59 Å². The van der Waals surface area contributed by atoms with Gasteiger partial charge in [-0.15, -0.1) is 0 Å². The van der Waals surface area contributed by atoms with Gasteiger partial charge in [0, 0.05) is 25.0 Å². The Hall–Kier alpha value is -1.26. The highest BCUT2D eigenvalue weighted by atomic mass is 16.2. The normalized spacial score (nSPS) is 22.9. The van der Waals surface area contributed by atoms with E-state index in [9.17, 15) is 9.59 Å². The van der Waals surface area contributed by atoms with Crippen molar-refractivity contribution in [1.82, 2.24) is 16.0 Å². The van der Waals surface area contributed by atoms with Gasteiger partial charge in [-0.3, -0.25) is 4.79 Å². The summed E-state index contributed by atoms with van der Waals surface area (Å²) in [6.07, 6.45) is 4.89. The molecule has 0 aromatic rings. The molecule has 1 aliphatic rings. The number of hydrogen-bond donors (Lipinski definition) is 3. The van der Waals surface area contributed by atoms with Crippen LogP contribution in [0.3, 0.4) is 0 Å². The Kier molecular flexibility index (Phi) is 6.67. The van der Waals surface area contributed by atoms with E-state index >= 15 is 0 Å². The molecule has 0 saturated heterocycles. The van der Waals surface area contributed by atoms with Crippen LogP contribution in [0.1, 0.15) is 52.9 Å². The van der Waals surface area contributed by atoms with Crippen LogP contribution in [0.2, 0.25) is 0 Å². The third kappa shape index (κ3) is 7.03. The minimum atomic E-state index is -0.156. The molecule has 0 aromatic heterocycles. The predicted molar refractivity (Wildman–Crippen MR) is 75.9 cm³/mol. The molecule has 3 amide bonds. The Balaban J connectivity index is 2.12. The van der Waals surface area contributed by atoms with Crippen LogP contribution in [0.25, 0.3) is 0 Å². The van der Waals surface area contributed by atoms with Crippen LogP contribution in [-0.4, -0.2) is 30.6 Å².